The van der Waals surface area contributed by atoms with Crippen LogP contribution >= 0.6 is 15.9 Å². The van der Waals surface area contributed by atoms with Crippen LogP contribution in [0.15, 0.2) is 29.0 Å². The van der Waals surface area contributed by atoms with Crippen LogP contribution in [0, 0.1) is 0 Å². The van der Waals surface area contributed by atoms with E-state index in [9.17, 15) is 4.79 Å². The van der Waals surface area contributed by atoms with Gasteiger partial charge >= 0.3 is 5.97 Å². The molecule has 0 aliphatic heterocycles. The number of rotatable bonds is 1. The predicted molar refractivity (Wildman–Crippen MR) is 49.9 cm³/mol. The third-order valence-electron chi connectivity index (χ3n) is 1.69. The Morgan fingerprint density at radius 2 is 2.31 bits per heavy atom. The number of nitrogens with zero attached hydrogens (tertiary/aromatic N) is 2. The van der Waals surface area contributed by atoms with Crippen molar-refractivity contribution < 1.29 is 9.90 Å². The predicted octanol–water partition coefficient (Wildman–Crippen LogP) is 1.79. The molecule has 0 aromatic carbocycles. The summed E-state index contributed by atoms with van der Waals surface area (Å²) in [5.74, 6) is -0.995. The lowest BCUT2D eigenvalue weighted by Gasteiger charge is -1.94. The summed E-state index contributed by atoms with van der Waals surface area (Å²) in [6, 6.07) is 5.31. The largest absolute Gasteiger partial charge is 0.476 e. The number of fused-ring (bicyclic) bond motifs is 1. The molecule has 2 aromatic rings. The zero-order chi connectivity index (χ0) is 9.42. The van der Waals surface area contributed by atoms with Gasteiger partial charge in [0.2, 0.25) is 0 Å². The van der Waals surface area contributed by atoms with Gasteiger partial charge in [-0.1, -0.05) is 6.07 Å². The number of imidazole rings is 1. The summed E-state index contributed by atoms with van der Waals surface area (Å²) in [6.45, 7) is 0. The Hall–Kier alpha value is -1.36. The number of hydrogen-bond donors (Lipinski definition) is 1. The first kappa shape index (κ1) is 8.25. The van der Waals surface area contributed by atoms with Gasteiger partial charge in [-0.2, -0.15) is 0 Å². The number of carboxylic acids is 1. The molecule has 2 aromatic heterocycles. The van der Waals surface area contributed by atoms with Crippen molar-refractivity contribution in [3.05, 3.63) is 34.7 Å². The molecule has 13 heavy (non-hydrogen) atoms. The number of carboxylic acid groups (broad SMARTS) is 1. The van der Waals surface area contributed by atoms with Crippen molar-refractivity contribution in [2.24, 2.45) is 0 Å². The fraction of sp³-hybridized carbons (Fsp3) is 0. The van der Waals surface area contributed by atoms with E-state index >= 15 is 0 Å². The molecule has 0 fully saturated rings. The smallest absolute Gasteiger partial charge is 0.355 e. The maximum absolute atomic E-state index is 10.8. The highest BCUT2D eigenvalue weighted by molar-refractivity contribution is 9.10. The third-order valence-corrected chi connectivity index (χ3v) is 2.24. The maximum Gasteiger partial charge on any atom is 0.355 e. The minimum absolute atomic E-state index is 0.149. The summed E-state index contributed by atoms with van der Waals surface area (Å²) in [6.07, 6.45) is 1.66. The Bertz CT molecular complexity index is 478. The number of hydrogen-bond acceptors (Lipinski definition) is 2. The first-order valence-electron chi connectivity index (χ1n) is 3.56. The Morgan fingerprint density at radius 3 is 3.00 bits per heavy atom. The molecule has 1 N–H and O–H groups in total. The number of halogens is 1. The molecule has 66 valence electrons. The minimum Gasteiger partial charge on any atom is -0.476 e. The molecule has 0 saturated carbocycles. The maximum atomic E-state index is 10.8. The molecule has 2 heterocycles. The van der Waals surface area contributed by atoms with E-state index in [4.69, 9.17) is 5.11 Å². The minimum atomic E-state index is -0.995. The molecule has 0 aliphatic rings. The van der Waals surface area contributed by atoms with Crippen molar-refractivity contribution in [3.63, 3.8) is 0 Å². The van der Waals surface area contributed by atoms with Crippen LogP contribution in [0.3, 0.4) is 0 Å². The van der Waals surface area contributed by atoms with Gasteiger partial charge in [-0.15, -0.1) is 0 Å². The van der Waals surface area contributed by atoms with Gasteiger partial charge in [0.05, 0.1) is 0 Å². The Kier molecular flexibility index (Phi) is 1.81. The molecule has 0 unspecified atom stereocenters. The van der Waals surface area contributed by atoms with Gasteiger partial charge in [-0.25, -0.2) is 9.78 Å². The lowest BCUT2D eigenvalue weighted by Crippen LogP contribution is -2.01. The summed E-state index contributed by atoms with van der Waals surface area (Å²) in [5, 5.41) is 8.86. The summed E-state index contributed by atoms with van der Waals surface area (Å²) >= 11 is 3.10. The second-order valence-electron chi connectivity index (χ2n) is 2.49. The number of aromatic carboxylic acids is 1. The Morgan fingerprint density at radius 1 is 1.54 bits per heavy atom. The molecule has 0 bridgehead atoms. The lowest BCUT2D eigenvalue weighted by atomic mass is 10.4. The van der Waals surface area contributed by atoms with Crippen molar-refractivity contribution in [2.75, 3.05) is 0 Å². The Labute approximate surface area is 82.0 Å². The van der Waals surface area contributed by atoms with Gasteiger partial charge in [0.1, 0.15) is 10.3 Å². The molecule has 5 heteroatoms. The molecule has 0 aliphatic carbocycles. The standard InChI is InChI=1S/C8H5BrN2O2/c9-7-6(8(12)13)11-4-2-1-3-5(11)10-7/h1-4H,(H,12,13). The van der Waals surface area contributed by atoms with Crippen molar-refractivity contribution in [3.8, 4) is 0 Å². The fourth-order valence-corrected chi connectivity index (χ4v) is 1.70. The molecule has 0 saturated heterocycles. The topological polar surface area (TPSA) is 54.6 Å². The molecule has 0 atom stereocenters. The highest BCUT2D eigenvalue weighted by atomic mass is 79.9. The van der Waals surface area contributed by atoms with Gasteiger partial charge < -0.3 is 5.11 Å². The van der Waals surface area contributed by atoms with E-state index in [2.05, 4.69) is 20.9 Å². The van der Waals surface area contributed by atoms with Crippen LogP contribution in [0.25, 0.3) is 5.65 Å². The van der Waals surface area contributed by atoms with Crippen molar-refractivity contribution in [1.29, 1.82) is 0 Å². The van der Waals surface area contributed by atoms with Crippen molar-refractivity contribution in [2.45, 2.75) is 0 Å². The Balaban J connectivity index is 2.86. The van der Waals surface area contributed by atoms with Gasteiger partial charge in [-0.3, -0.25) is 4.40 Å². The van der Waals surface area contributed by atoms with Crippen LogP contribution in [0.2, 0.25) is 0 Å². The second-order valence-corrected chi connectivity index (χ2v) is 3.24. The van der Waals surface area contributed by atoms with Gasteiger partial charge in [0.25, 0.3) is 0 Å². The lowest BCUT2D eigenvalue weighted by molar-refractivity contribution is 0.0688. The molecular weight excluding hydrogens is 236 g/mol. The van der Waals surface area contributed by atoms with Crippen LogP contribution in [0.4, 0.5) is 0 Å². The average molecular weight is 241 g/mol. The zero-order valence-corrected chi connectivity index (χ0v) is 8.02. The number of aromatic nitrogens is 2. The van der Waals surface area contributed by atoms with Crippen LogP contribution in [0.5, 0.6) is 0 Å². The fourth-order valence-electron chi connectivity index (χ4n) is 1.16. The van der Waals surface area contributed by atoms with E-state index in [-0.39, 0.29) is 5.69 Å². The van der Waals surface area contributed by atoms with Crippen LogP contribution in [-0.2, 0) is 0 Å². The van der Waals surface area contributed by atoms with E-state index in [0.29, 0.717) is 10.3 Å². The molecule has 0 amide bonds. The van der Waals surface area contributed by atoms with Gasteiger partial charge in [0.15, 0.2) is 5.69 Å². The number of pyridine rings is 1. The van der Waals surface area contributed by atoms with E-state index in [1.54, 1.807) is 24.4 Å². The highest BCUT2D eigenvalue weighted by Crippen LogP contribution is 2.17. The molecule has 0 spiro atoms. The van der Waals surface area contributed by atoms with E-state index in [0.717, 1.165) is 0 Å². The number of carbonyl (C=O) groups is 1. The first-order chi connectivity index (χ1) is 6.20. The summed E-state index contributed by atoms with van der Waals surface area (Å²) in [7, 11) is 0. The average Bonchev–Trinajstić information content (AvgIpc) is 2.39. The quantitative estimate of drug-likeness (QED) is 0.828. The summed E-state index contributed by atoms with van der Waals surface area (Å²) in [5.41, 5.74) is 0.766. The summed E-state index contributed by atoms with van der Waals surface area (Å²) in [4.78, 5) is 14.8. The SMILES string of the molecule is O=C(O)c1c(Br)nc2ccccn12. The molecular formula is C8H5BrN2O2. The third kappa shape index (κ3) is 1.21. The first-order valence-corrected chi connectivity index (χ1v) is 4.35. The second kappa shape index (κ2) is 2.85. The van der Waals surface area contributed by atoms with Crippen LogP contribution < -0.4 is 0 Å². The van der Waals surface area contributed by atoms with E-state index in [1.165, 1.54) is 4.40 Å². The highest BCUT2D eigenvalue weighted by Gasteiger charge is 2.15. The molecule has 4 nitrogen and oxygen atoms in total. The van der Waals surface area contributed by atoms with Crippen LogP contribution in [0.1, 0.15) is 10.5 Å². The van der Waals surface area contributed by atoms with Crippen molar-refractivity contribution in [1.82, 2.24) is 9.38 Å². The monoisotopic (exact) mass is 240 g/mol. The zero-order valence-electron chi connectivity index (χ0n) is 6.44. The molecule has 0 radical (unpaired) electrons. The van der Waals surface area contributed by atoms with Gasteiger partial charge in [0, 0.05) is 6.20 Å². The van der Waals surface area contributed by atoms with E-state index < -0.39 is 5.97 Å². The summed E-state index contributed by atoms with van der Waals surface area (Å²) < 4.78 is 1.87. The van der Waals surface area contributed by atoms with Crippen molar-refractivity contribution >= 4 is 27.5 Å². The molecule has 2 rings (SSSR count). The van der Waals surface area contributed by atoms with Crippen LogP contribution in [-0.4, -0.2) is 20.5 Å². The van der Waals surface area contributed by atoms with Gasteiger partial charge in [-0.05, 0) is 28.1 Å². The van der Waals surface area contributed by atoms with E-state index in [1.807, 2.05) is 0 Å². The normalized spacial score (nSPS) is 10.5.